The first-order chi connectivity index (χ1) is 5.25. The van der Waals surface area contributed by atoms with E-state index in [9.17, 15) is 0 Å². The molecule has 1 aromatic carbocycles. The Morgan fingerprint density at radius 1 is 1.54 bits per heavy atom. The summed E-state index contributed by atoms with van der Waals surface area (Å²) in [7, 11) is 0. The second-order valence-electron chi connectivity index (χ2n) is 2.46. The van der Waals surface area contributed by atoms with E-state index in [0.29, 0.717) is 0 Å². The molecule has 0 spiro atoms. The molecule has 1 aromatic rings. The molecule has 0 bridgehead atoms. The van der Waals surface area contributed by atoms with E-state index in [1.807, 2.05) is 19.9 Å². The van der Waals surface area contributed by atoms with Crippen LogP contribution in [0.3, 0.4) is 0 Å². The molecule has 0 aliphatic carbocycles. The molecule has 0 nitrogen and oxygen atoms in total. The van der Waals surface area contributed by atoms with Crippen molar-refractivity contribution in [1.82, 2.24) is 0 Å². The first kappa shape index (κ1) is 16.0. The number of rotatable bonds is 1. The first-order valence-corrected chi connectivity index (χ1v) is 3.51. The Labute approximate surface area is 120 Å². The van der Waals surface area contributed by atoms with Crippen LogP contribution in [-0.4, -0.2) is 0 Å². The van der Waals surface area contributed by atoms with Crippen LogP contribution < -0.4 is 0 Å². The van der Waals surface area contributed by atoms with Crippen LogP contribution >= 0.6 is 0 Å². The number of benzene rings is 1. The normalized spacial score (nSPS) is 7.54. The van der Waals surface area contributed by atoms with E-state index in [1.165, 1.54) is 5.56 Å². The maximum atomic E-state index is 3.59. The molecule has 0 aliphatic rings. The molecule has 2 heteroatoms. The summed E-state index contributed by atoms with van der Waals surface area (Å²) in [4.78, 5) is 0. The fourth-order valence-corrected chi connectivity index (χ4v) is 0.959. The van der Waals surface area contributed by atoms with Crippen LogP contribution in [0, 0.1) is 19.1 Å². The van der Waals surface area contributed by atoms with Gasteiger partial charge in [0.25, 0.3) is 0 Å². The van der Waals surface area contributed by atoms with Gasteiger partial charge in [-0.25, -0.2) is 23.4 Å². The van der Waals surface area contributed by atoms with Gasteiger partial charge in [-0.3, -0.25) is 17.7 Å². The topological polar surface area (TPSA) is 0 Å². The van der Waals surface area contributed by atoms with Gasteiger partial charge < -0.3 is 0 Å². The van der Waals surface area contributed by atoms with E-state index >= 15 is 0 Å². The van der Waals surface area contributed by atoms with E-state index < -0.39 is 0 Å². The summed E-state index contributed by atoms with van der Waals surface area (Å²) in [5.41, 5.74) is 6.13. The Hall–Kier alpha value is 0.532. The number of allylic oxidation sites excluding steroid dienone is 1. The van der Waals surface area contributed by atoms with Crippen LogP contribution in [0.15, 0.2) is 24.4 Å². The molecule has 1 radical (unpaired) electrons. The monoisotopic (exact) mass is 415 g/mol. The van der Waals surface area contributed by atoms with Crippen LogP contribution in [-0.2, 0) is 53.8 Å². The summed E-state index contributed by atoms with van der Waals surface area (Å²) < 4.78 is 0. The van der Waals surface area contributed by atoms with Crippen molar-refractivity contribution in [3.05, 3.63) is 47.7 Å². The molecule has 0 saturated heterocycles. The van der Waals surface area contributed by atoms with E-state index in [2.05, 4.69) is 24.4 Å². The van der Waals surface area contributed by atoms with Crippen LogP contribution in [0.25, 0.3) is 5.57 Å². The fourth-order valence-electron chi connectivity index (χ4n) is 0.959. The summed E-state index contributed by atoms with van der Waals surface area (Å²) in [5, 5.41) is 0. The molecule has 1 rings (SSSR count). The van der Waals surface area contributed by atoms with Gasteiger partial charge in [0.1, 0.15) is 0 Å². The Kier molecular flexibility index (Phi) is 9.70. The van der Waals surface area contributed by atoms with Gasteiger partial charge in [0.15, 0.2) is 0 Å². The predicted molar refractivity (Wildman–Crippen MR) is 47.1 cm³/mol. The Balaban J connectivity index is 0. The molecule has 0 unspecified atom stereocenters. The van der Waals surface area contributed by atoms with Crippen LogP contribution in [0.2, 0.25) is 0 Å². The van der Waals surface area contributed by atoms with Gasteiger partial charge in [0.2, 0.25) is 0 Å². The second-order valence-corrected chi connectivity index (χ2v) is 2.46. The summed E-state index contributed by atoms with van der Waals surface area (Å²) in [6, 6.07) is 9.77. The molecular formula is C11H10WY-2. The molecule has 0 aliphatic heterocycles. The molecule has 0 aromatic heterocycles. The third kappa shape index (κ3) is 4.52. The standard InChI is InChI=1S/C11H10.W.Y/c1-4-9(2)11-8-6-5-7-10(11)3;;/h6-7H,1H2,2-3H3;;/q-2;;. The van der Waals surface area contributed by atoms with E-state index in [4.69, 9.17) is 0 Å². The number of hydrogen-bond donors (Lipinski definition) is 0. The van der Waals surface area contributed by atoms with Gasteiger partial charge in [-0.05, 0) is 0 Å². The van der Waals surface area contributed by atoms with Gasteiger partial charge in [-0.15, -0.1) is 13.8 Å². The van der Waals surface area contributed by atoms with Crippen molar-refractivity contribution in [3.8, 4) is 0 Å². The molecule has 0 atom stereocenters. The molecule has 0 heterocycles. The first-order valence-electron chi connectivity index (χ1n) is 3.51. The van der Waals surface area contributed by atoms with Crippen molar-refractivity contribution in [2.24, 2.45) is 0 Å². The average molecular weight is 415 g/mol. The zero-order valence-electron chi connectivity index (χ0n) is 7.85. The SMILES string of the molecule is C=C=C(C)c1[c-]c[c-]cc1C.[W].[Y]. The van der Waals surface area contributed by atoms with E-state index in [1.54, 1.807) is 6.07 Å². The quantitative estimate of drug-likeness (QED) is 0.489. The van der Waals surface area contributed by atoms with Crippen molar-refractivity contribution >= 4 is 5.57 Å². The Morgan fingerprint density at radius 3 is 2.62 bits per heavy atom. The smallest absolute Gasteiger partial charge is 0 e. The van der Waals surface area contributed by atoms with Gasteiger partial charge in [-0.2, -0.15) is 5.57 Å². The minimum Gasteiger partial charge on any atom is -0.280 e. The van der Waals surface area contributed by atoms with E-state index in [0.717, 1.165) is 11.1 Å². The number of aryl methyl sites for hydroxylation is 1. The Bertz CT molecular complexity index is 312. The van der Waals surface area contributed by atoms with Crippen LogP contribution in [0.4, 0.5) is 0 Å². The van der Waals surface area contributed by atoms with Crippen molar-refractivity contribution in [1.29, 1.82) is 0 Å². The molecule has 0 N–H and O–H groups in total. The van der Waals surface area contributed by atoms with Crippen LogP contribution in [0.5, 0.6) is 0 Å². The third-order valence-electron chi connectivity index (χ3n) is 1.63. The molecule has 13 heavy (non-hydrogen) atoms. The minimum atomic E-state index is 0. The largest absolute Gasteiger partial charge is 0.280 e. The summed E-state index contributed by atoms with van der Waals surface area (Å²) in [6.45, 7) is 7.59. The number of hydrogen-bond acceptors (Lipinski definition) is 0. The third-order valence-corrected chi connectivity index (χ3v) is 1.63. The zero-order valence-corrected chi connectivity index (χ0v) is 13.6. The van der Waals surface area contributed by atoms with Gasteiger partial charge in [-0.1, -0.05) is 6.58 Å². The van der Waals surface area contributed by atoms with Gasteiger partial charge in [0.05, 0.1) is 0 Å². The molecule has 0 fully saturated rings. The maximum Gasteiger partial charge on any atom is 0 e. The van der Waals surface area contributed by atoms with Crippen LogP contribution in [0.1, 0.15) is 18.1 Å². The summed E-state index contributed by atoms with van der Waals surface area (Å²) in [6.07, 6.45) is 0. The van der Waals surface area contributed by atoms with Crippen molar-refractivity contribution in [3.63, 3.8) is 0 Å². The minimum absolute atomic E-state index is 0. The van der Waals surface area contributed by atoms with Crippen molar-refractivity contribution in [2.45, 2.75) is 13.8 Å². The summed E-state index contributed by atoms with van der Waals surface area (Å²) in [5.74, 6) is 0. The molecular weight excluding hydrogens is 405 g/mol. The van der Waals surface area contributed by atoms with Gasteiger partial charge >= 0.3 is 0 Å². The predicted octanol–water partition coefficient (Wildman–Crippen LogP) is 2.78. The molecule has 65 valence electrons. The van der Waals surface area contributed by atoms with Crippen molar-refractivity contribution in [2.75, 3.05) is 0 Å². The molecule has 0 amide bonds. The second kappa shape index (κ2) is 7.89. The van der Waals surface area contributed by atoms with Gasteiger partial charge in [0, 0.05) is 53.8 Å². The fraction of sp³-hybridized carbons (Fsp3) is 0.182. The summed E-state index contributed by atoms with van der Waals surface area (Å²) >= 11 is 0. The maximum absolute atomic E-state index is 3.59. The van der Waals surface area contributed by atoms with Crippen molar-refractivity contribution < 1.29 is 53.8 Å². The average Bonchev–Trinajstić information content (AvgIpc) is 2.04. The molecule has 0 saturated carbocycles. The Morgan fingerprint density at radius 2 is 2.15 bits per heavy atom. The van der Waals surface area contributed by atoms with E-state index in [-0.39, 0.29) is 53.8 Å². The zero-order chi connectivity index (χ0) is 8.27.